The van der Waals surface area contributed by atoms with E-state index in [0.29, 0.717) is 16.5 Å². The van der Waals surface area contributed by atoms with E-state index in [-0.39, 0.29) is 17.6 Å². The number of carbonyl (C=O) groups is 1. The van der Waals surface area contributed by atoms with E-state index in [4.69, 9.17) is 4.42 Å². The average Bonchev–Trinajstić information content (AvgIpc) is 2.92. The van der Waals surface area contributed by atoms with Crippen LogP contribution < -0.4 is 5.32 Å². The van der Waals surface area contributed by atoms with Crippen molar-refractivity contribution in [2.24, 2.45) is 0 Å². The lowest BCUT2D eigenvalue weighted by atomic mass is 10.1. The number of amides is 1. The number of para-hydroxylation sites is 1. The minimum absolute atomic E-state index is 0.0422. The third kappa shape index (κ3) is 4.16. The lowest BCUT2D eigenvalue weighted by Crippen LogP contribution is -2.27. The van der Waals surface area contributed by atoms with Crippen molar-refractivity contribution in [2.45, 2.75) is 18.7 Å². The second-order valence-corrected chi connectivity index (χ2v) is 9.28. The Morgan fingerprint density at radius 3 is 2.46 bits per heavy atom. The maximum Gasteiger partial charge on any atom is 0.287 e. The Balaban J connectivity index is 1.94. The standard InChI is InChI=1S/C19H18BrNO4S/c1-12(13-7-9-14(20)10-8-13)21-19(22)18-16(11-26(2,23)24)15-5-3-4-6-17(15)25-18/h3-10,12H,11H2,1-2H3,(H,21,22). The van der Waals surface area contributed by atoms with Crippen LogP contribution in [-0.2, 0) is 15.6 Å². The van der Waals surface area contributed by atoms with Gasteiger partial charge < -0.3 is 9.73 Å². The van der Waals surface area contributed by atoms with Gasteiger partial charge in [0.1, 0.15) is 5.58 Å². The van der Waals surface area contributed by atoms with Gasteiger partial charge in [-0.25, -0.2) is 8.42 Å². The summed E-state index contributed by atoms with van der Waals surface area (Å²) in [6.45, 7) is 1.86. The molecule has 1 unspecified atom stereocenters. The number of hydrogen-bond donors (Lipinski definition) is 1. The molecule has 5 nitrogen and oxygen atoms in total. The number of fused-ring (bicyclic) bond motifs is 1. The van der Waals surface area contributed by atoms with Gasteiger partial charge >= 0.3 is 0 Å². The van der Waals surface area contributed by atoms with E-state index >= 15 is 0 Å². The summed E-state index contributed by atoms with van der Waals surface area (Å²) in [4.78, 5) is 12.8. The van der Waals surface area contributed by atoms with Gasteiger partial charge in [0.05, 0.1) is 11.8 Å². The highest BCUT2D eigenvalue weighted by atomic mass is 79.9. The molecule has 1 N–H and O–H groups in total. The van der Waals surface area contributed by atoms with Crippen LogP contribution in [0.5, 0.6) is 0 Å². The van der Waals surface area contributed by atoms with E-state index in [2.05, 4.69) is 21.2 Å². The van der Waals surface area contributed by atoms with Gasteiger partial charge in [0.15, 0.2) is 15.6 Å². The molecule has 0 radical (unpaired) electrons. The Labute approximate surface area is 160 Å². The molecule has 1 amide bonds. The Hall–Kier alpha value is -2.12. The Morgan fingerprint density at radius 1 is 1.15 bits per heavy atom. The summed E-state index contributed by atoms with van der Waals surface area (Å²) in [5, 5.41) is 3.51. The van der Waals surface area contributed by atoms with E-state index in [1.165, 1.54) is 0 Å². The van der Waals surface area contributed by atoms with Crippen LogP contribution in [-0.4, -0.2) is 20.6 Å². The fourth-order valence-electron chi connectivity index (χ4n) is 2.78. The molecule has 136 valence electrons. The van der Waals surface area contributed by atoms with Crippen LogP contribution >= 0.6 is 15.9 Å². The first kappa shape index (κ1) is 18.7. The van der Waals surface area contributed by atoms with Gasteiger partial charge in [-0.05, 0) is 30.7 Å². The topological polar surface area (TPSA) is 76.4 Å². The molecule has 3 rings (SSSR count). The highest BCUT2D eigenvalue weighted by Crippen LogP contribution is 2.28. The van der Waals surface area contributed by atoms with Crippen molar-refractivity contribution in [1.29, 1.82) is 0 Å². The van der Waals surface area contributed by atoms with Crippen molar-refractivity contribution >= 4 is 42.6 Å². The predicted molar refractivity (Wildman–Crippen MR) is 105 cm³/mol. The number of hydrogen-bond acceptors (Lipinski definition) is 4. The van der Waals surface area contributed by atoms with Gasteiger partial charge in [-0.2, -0.15) is 0 Å². The molecule has 0 spiro atoms. The van der Waals surface area contributed by atoms with Crippen molar-refractivity contribution < 1.29 is 17.6 Å². The Bertz CT molecular complexity index is 1050. The fraction of sp³-hybridized carbons (Fsp3) is 0.211. The van der Waals surface area contributed by atoms with Crippen molar-refractivity contribution in [3.63, 3.8) is 0 Å². The lowest BCUT2D eigenvalue weighted by Gasteiger charge is -2.14. The summed E-state index contributed by atoms with van der Waals surface area (Å²) in [5.41, 5.74) is 1.82. The van der Waals surface area contributed by atoms with Crippen molar-refractivity contribution in [1.82, 2.24) is 5.32 Å². The molecule has 0 aliphatic rings. The van der Waals surface area contributed by atoms with Crippen LogP contribution in [0.2, 0.25) is 0 Å². The van der Waals surface area contributed by atoms with Gasteiger partial charge in [-0.15, -0.1) is 0 Å². The SMILES string of the molecule is CC(NC(=O)c1oc2ccccc2c1CS(C)(=O)=O)c1ccc(Br)cc1. The van der Waals surface area contributed by atoms with E-state index in [9.17, 15) is 13.2 Å². The van der Waals surface area contributed by atoms with Crippen LogP contribution in [0.15, 0.2) is 57.4 Å². The van der Waals surface area contributed by atoms with Crippen LogP contribution in [0.1, 0.15) is 34.6 Å². The van der Waals surface area contributed by atoms with Crippen LogP contribution in [0.4, 0.5) is 0 Å². The maximum atomic E-state index is 12.8. The normalized spacial score (nSPS) is 12.9. The molecule has 0 bridgehead atoms. The molecule has 26 heavy (non-hydrogen) atoms. The molecule has 0 aliphatic carbocycles. The summed E-state index contributed by atoms with van der Waals surface area (Å²) in [7, 11) is -3.33. The summed E-state index contributed by atoms with van der Waals surface area (Å²) in [5.74, 6) is -0.643. The van der Waals surface area contributed by atoms with E-state index in [1.807, 2.05) is 31.2 Å². The molecule has 0 saturated heterocycles. The lowest BCUT2D eigenvalue weighted by molar-refractivity contribution is 0.0913. The van der Waals surface area contributed by atoms with Gasteiger partial charge in [-0.1, -0.05) is 46.3 Å². The summed E-state index contributed by atoms with van der Waals surface area (Å²) in [6, 6.07) is 14.4. The van der Waals surface area contributed by atoms with E-state index in [1.54, 1.807) is 24.3 Å². The number of halogens is 1. The molecule has 1 aromatic heterocycles. The molecule has 1 atom stereocenters. The van der Waals surface area contributed by atoms with E-state index < -0.39 is 15.7 Å². The summed E-state index contributed by atoms with van der Waals surface area (Å²) < 4.78 is 30.3. The zero-order chi connectivity index (χ0) is 18.9. The number of nitrogens with one attached hydrogen (secondary N) is 1. The average molecular weight is 436 g/mol. The third-order valence-corrected chi connectivity index (χ3v) is 5.37. The number of benzene rings is 2. The summed E-state index contributed by atoms with van der Waals surface area (Å²) >= 11 is 3.38. The predicted octanol–water partition coefficient (Wildman–Crippen LogP) is 4.23. The monoisotopic (exact) mass is 435 g/mol. The Kier molecular flexibility index (Phi) is 5.20. The minimum Gasteiger partial charge on any atom is -0.451 e. The van der Waals surface area contributed by atoms with E-state index in [0.717, 1.165) is 16.3 Å². The Morgan fingerprint density at radius 2 is 1.81 bits per heavy atom. The maximum absolute atomic E-state index is 12.8. The molecule has 3 aromatic rings. The minimum atomic E-state index is -3.33. The number of carbonyl (C=O) groups excluding carboxylic acids is 1. The first-order valence-corrected chi connectivity index (χ1v) is 10.8. The van der Waals surface area contributed by atoms with Crippen molar-refractivity contribution in [2.75, 3.05) is 6.26 Å². The van der Waals surface area contributed by atoms with Gasteiger partial charge in [-0.3, -0.25) is 4.79 Å². The quantitative estimate of drug-likeness (QED) is 0.650. The number of sulfone groups is 1. The molecule has 7 heteroatoms. The number of rotatable bonds is 5. The molecule has 0 fully saturated rings. The molecule has 0 saturated carbocycles. The second-order valence-electron chi connectivity index (χ2n) is 6.22. The summed E-state index contributed by atoms with van der Waals surface area (Å²) in [6.07, 6.45) is 1.14. The largest absolute Gasteiger partial charge is 0.451 e. The second kappa shape index (κ2) is 7.25. The van der Waals surface area contributed by atoms with Crippen molar-refractivity contribution in [3.05, 3.63) is 69.9 Å². The zero-order valence-corrected chi connectivity index (χ0v) is 16.7. The smallest absolute Gasteiger partial charge is 0.287 e. The first-order chi connectivity index (χ1) is 12.2. The molecular weight excluding hydrogens is 418 g/mol. The van der Waals surface area contributed by atoms with Gasteiger partial charge in [0.2, 0.25) is 0 Å². The van der Waals surface area contributed by atoms with Crippen molar-refractivity contribution in [3.8, 4) is 0 Å². The van der Waals surface area contributed by atoms with Crippen LogP contribution in [0.25, 0.3) is 11.0 Å². The molecule has 2 aromatic carbocycles. The highest BCUT2D eigenvalue weighted by Gasteiger charge is 2.24. The van der Waals surface area contributed by atoms with Gasteiger partial charge in [0.25, 0.3) is 5.91 Å². The molecule has 1 heterocycles. The number of furan rings is 1. The first-order valence-electron chi connectivity index (χ1n) is 7.99. The van der Waals surface area contributed by atoms with Crippen LogP contribution in [0, 0.1) is 0 Å². The zero-order valence-electron chi connectivity index (χ0n) is 14.3. The third-order valence-electron chi connectivity index (χ3n) is 4.03. The fourth-order valence-corrected chi connectivity index (χ4v) is 3.86. The molecule has 0 aliphatic heterocycles. The van der Waals surface area contributed by atoms with Crippen LogP contribution in [0.3, 0.4) is 0 Å². The molecular formula is C19H18BrNO4S. The van der Waals surface area contributed by atoms with Gasteiger partial charge in [0, 0.05) is 21.7 Å². The highest BCUT2D eigenvalue weighted by molar-refractivity contribution is 9.10.